The maximum Gasteiger partial charge on any atom is 0.232 e. The number of hydrogen-bond donors (Lipinski definition) is 2. The van der Waals surface area contributed by atoms with Gasteiger partial charge in [0.15, 0.2) is 0 Å². The number of rotatable bonds is 7. The summed E-state index contributed by atoms with van der Waals surface area (Å²) in [5, 5.41) is 5.66. The summed E-state index contributed by atoms with van der Waals surface area (Å²) >= 11 is 0. The first-order chi connectivity index (χ1) is 11.2. The van der Waals surface area contributed by atoms with Crippen molar-refractivity contribution in [3.8, 4) is 0 Å². The van der Waals surface area contributed by atoms with Crippen LogP contribution in [0.15, 0.2) is 60.7 Å². The zero-order chi connectivity index (χ0) is 16.5. The molecule has 0 aliphatic carbocycles. The third kappa shape index (κ3) is 4.95. The second-order valence-corrected chi connectivity index (χ2v) is 5.25. The van der Waals surface area contributed by atoms with Gasteiger partial charge in [-0.3, -0.25) is 9.59 Å². The molecule has 120 valence electrons. The van der Waals surface area contributed by atoms with E-state index in [9.17, 15) is 9.59 Å². The van der Waals surface area contributed by atoms with Crippen molar-refractivity contribution in [3.05, 3.63) is 71.8 Å². The predicted molar refractivity (Wildman–Crippen MR) is 91.0 cm³/mol. The highest BCUT2D eigenvalue weighted by atomic mass is 16.2. The van der Waals surface area contributed by atoms with Gasteiger partial charge in [0.05, 0.1) is 5.92 Å². The van der Waals surface area contributed by atoms with E-state index in [4.69, 9.17) is 0 Å². The van der Waals surface area contributed by atoms with Gasteiger partial charge in [0.25, 0.3) is 0 Å². The molecular formula is C19H22N2O2. The fourth-order valence-electron chi connectivity index (χ4n) is 2.40. The molecule has 0 unspecified atom stereocenters. The van der Waals surface area contributed by atoms with E-state index in [-0.39, 0.29) is 17.7 Å². The number of nitrogens with one attached hydrogen (secondary N) is 2. The monoisotopic (exact) mass is 310 g/mol. The molecule has 0 atom stereocenters. The van der Waals surface area contributed by atoms with Gasteiger partial charge in [0.1, 0.15) is 0 Å². The highest BCUT2D eigenvalue weighted by Crippen LogP contribution is 2.24. The Balaban J connectivity index is 2.06. The molecule has 23 heavy (non-hydrogen) atoms. The Labute approximate surface area is 136 Å². The minimum Gasteiger partial charge on any atom is -0.354 e. The van der Waals surface area contributed by atoms with Crippen LogP contribution in [0.4, 0.5) is 0 Å². The van der Waals surface area contributed by atoms with E-state index in [1.165, 1.54) is 0 Å². The fourth-order valence-corrected chi connectivity index (χ4v) is 2.40. The van der Waals surface area contributed by atoms with E-state index in [1.807, 2.05) is 60.7 Å². The van der Waals surface area contributed by atoms with Crippen LogP contribution >= 0.6 is 0 Å². The van der Waals surface area contributed by atoms with Crippen LogP contribution in [0, 0.1) is 0 Å². The molecule has 2 N–H and O–H groups in total. The maximum atomic E-state index is 12.6. The van der Waals surface area contributed by atoms with Gasteiger partial charge in [0.2, 0.25) is 11.8 Å². The van der Waals surface area contributed by atoms with Crippen LogP contribution < -0.4 is 10.6 Å². The molecule has 0 aromatic heterocycles. The molecule has 0 aliphatic rings. The number of benzene rings is 2. The maximum absolute atomic E-state index is 12.6. The van der Waals surface area contributed by atoms with Crippen molar-refractivity contribution in [2.75, 3.05) is 13.1 Å². The fraction of sp³-hybridized carbons (Fsp3) is 0.263. The number of carbonyl (C=O) groups excluding carboxylic acids is 2. The van der Waals surface area contributed by atoms with Crippen molar-refractivity contribution < 1.29 is 9.59 Å². The minimum absolute atomic E-state index is 0.0121. The van der Waals surface area contributed by atoms with Crippen LogP contribution in [0.5, 0.6) is 0 Å². The number of amides is 2. The lowest BCUT2D eigenvalue weighted by molar-refractivity contribution is -0.123. The summed E-state index contributed by atoms with van der Waals surface area (Å²) in [7, 11) is 0. The van der Waals surface area contributed by atoms with Crippen LogP contribution in [0.2, 0.25) is 0 Å². The molecule has 0 heterocycles. The normalized spacial score (nSPS) is 10.3. The third-order valence-corrected chi connectivity index (χ3v) is 3.60. The summed E-state index contributed by atoms with van der Waals surface area (Å²) in [5.41, 5.74) is 1.91. The van der Waals surface area contributed by atoms with Crippen molar-refractivity contribution in [3.63, 3.8) is 0 Å². The summed E-state index contributed by atoms with van der Waals surface area (Å²) in [6.07, 6.45) is 0.449. The predicted octanol–water partition coefficient (Wildman–Crippen LogP) is 2.46. The molecule has 4 nitrogen and oxygen atoms in total. The molecule has 2 aromatic rings. The lowest BCUT2D eigenvalue weighted by atomic mass is 9.90. The number of carbonyl (C=O) groups is 2. The van der Waals surface area contributed by atoms with E-state index in [0.717, 1.165) is 11.1 Å². The average molecular weight is 310 g/mol. The molecule has 0 spiro atoms. The van der Waals surface area contributed by atoms with Gasteiger partial charge in [-0.05, 0) is 11.1 Å². The van der Waals surface area contributed by atoms with E-state index in [0.29, 0.717) is 19.5 Å². The van der Waals surface area contributed by atoms with Crippen LogP contribution in [-0.2, 0) is 9.59 Å². The summed E-state index contributed by atoms with van der Waals surface area (Å²) < 4.78 is 0. The Morgan fingerprint density at radius 3 is 1.78 bits per heavy atom. The van der Waals surface area contributed by atoms with Gasteiger partial charge in [-0.15, -0.1) is 0 Å². The highest BCUT2D eigenvalue weighted by Gasteiger charge is 2.21. The molecule has 0 saturated heterocycles. The Hall–Kier alpha value is -2.62. The van der Waals surface area contributed by atoms with Crippen molar-refractivity contribution in [2.45, 2.75) is 19.3 Å². The Morgan fingerprint density at radius 1 is 0.826 bits per heavy atom. The van der Waals surface area contributed by atoms with Gasteiger partial charge < -0.3 is 10.6 Å². The average Bonchev–Trinajstić information content (AvgIpc) is 2.60. The lowest BCUT2D eigenvalue weighted by Gasteiger charge is -2.18. The second-order valence-electron chi connectivity index (χ2n) is 5.25. The SMILES string of the molecule is CCC(=O)NCCNC(=O)C(c1ccccc1)c1ccccc1. The van der Waals surface area contributed by atoms with E-state index in [1.54, 1.807) is 6.92 Å². The molecule has 0 bridgehead atoms. The smallest absolute Gasteiger partial charge is 0.232 e. The minimum atomic E-state index is -0.348. The van der Waals surface area contributed by atoms with Gasteiger partial charge in [-0.1, -0.05) is 67.6 Å². The third-order valence-electron chi connectivity index (χ3n) is 3.60. The number of hydrogen-bond acceptors (Lipinski definition) is 2. The first-order valence-electron chi connectivity index (χ1n) is 7.86. The molecule has 0 saturated carbocycles. The van der Waals surface area contributed by atoms with Gasteiger partial charge in [-0.25, -0.2) is 0 Å². The quantitative estimate of drug-likeness (QED) is 0.772. The van der Waals surface area contributed by atoms with E-state index < -0.39 is 0 Å². The van der Waals surface area contributed by atoms with Gasteiger partial charge in [-0.2, -0.15) is 0 Å². The summed E-state index contributed by atoms with van der Waals surface area (Å²) in [6, 6.07) is 19.4. The Morgan fingerprint density at radius 2 is 1.30 bits per heavy atom. The molecule has 2 rings (SSSR count). The summed E-state index contributed by atoms with van der Waals surface area (Å²) in [6.45, 7) is 2.66. The van der Waals surface area contributed by atoms with Gasteiger partial charge >= 0.3 is 0 Å². The zero-order valence-corrected chi connectivity index (χ0v) is 13.3. The zero-order valence-electron chi connectivity index (χ0n) is 13.3. The van der Waals surface area contributed by atoms with Crippen LogP contribution in [0.3, 0.4) is 0 Å². The van der Waals surface area contributed by atoms with Crippen molar-refractivity contribution in [1.82, 2.24) is 10.6 Å². The van der Waals surface area contributed by atoms with E-state index in [2.05, 4.69) is 10.6 Å². The lowest BCUT2D eigenvalue weighted by Crippen LogP contribution is -2.37. The highest BCUT2D eigenvalue weighted by molar-refractivity contribution is 5.87. The van der Waals surface area contributed by atoms with Crippen molar-refractivity contribution >= 4 is 11.8 Å². The molecule has 2 aromatic carbocycles. The Kier molecular flexibility index (Phi) is 6.36. The van der Waals surface area contributed by atoms with Crippen LogP contribution in [0.1, 0.15) is 30.4 Å². The largest absolute Gasteiger partial charge is 0.354 e. The standard InChI is InChI=1S/C19H22N2O2/c1-2-17(22)20-13-14-21-19(23)18(15-9-5-3-6-10-15)16-11-7-4-8-12-16/h3-12,18H,2,13-14H2,1H3,(H,20,22)(H,21,23). The van der Waals surface area contributed by atoms with E-state index >= 15 is 0 Å². The summed E-state index contributed by atoms with van der Waals surface area (Å²) in [5.74, 6) is -0.422. The van der Waals surface area contributed by atoms with Crippen LogP contribution in [0.25, 0.3) is 0 Å². The molecular weight excluding hydrogens is 288 g/mol. The van der Waals surface area contributed by atoms with Gasteiger partial charge in [0, 0.05) is 19.5 Å². The molecule has 0 fully saturated rings. The van der Waals surface area contributed by atoms with Crippen molar-refractivity contribution in [2.24, 2.45) is 0 Å². The first kappa shape index (κ1) is 16.7. The molecule has 0 aliphatic heterocycles. The Bertz CT molecular complexity index is 587. The molecule has 0 radical (unpaired) electrons. The molecule has 2 amide bonds. The topological polar surface area (TPSA) is 58.2 Å². The molecule has 4 heteroatoms. The summed E-state index contributed by atoms with van der Waals surface area (Å²) in [4.78, 5) is 23.8. The second kappa shape index (κ2) is 8.73. The first-order valence-corrected chi connectivity index (χ1v) is 7.86. The van der Waals surface area contributed by atoms with Crippen molar-refractivity contribution in [1.29, 1.82) is 0 Å². The van der Waals surface area contributed by atoms with Crippen LogP contribution in [-0.4, -0.2) is 24.9 Å².